The maximum absolute atomic E-state index is 12.4. The Bertz CT molecular complexity index is 428. The molecule has 1 unspecified atom stereocenters. The van der Waals surface area contributed by atoms with Crippen LogP contribution in [-0.4, -0.2) is 19.0 Å². The number of hydrogen-bond donors (Lipinski definition) is 2. The molecule has 1 heterocycles. The molecule has 1 atom stereocenters. The summed E-state index contributed by atoms with van der Waals surface area (Å²) in [7, 11) is 0. The van der Waals surface area contributed by atoms with Gasteiger partial charge in [-0.3, -0.25) is 4.79 Å². The summed E-state index contributed by atoms with van der Waals surface area (Å²) < 4.78 is 0. The Labute approximate surface area is 109 Å². The lowest BCUT2D eigenvalue weighted by atomic mass is 9.81. The second-order valence-electron chi connectivity index (χ2n) is 5.56. The van der Waals surface area contributed by atoms with E-state index in [1.54, 1.807) is 0 Å². The fourth-order valence-corrected chi connectivity index (χ4v) is 2.53. The number of carbonyl (C=O) groups excluding carboxylic acids is 1. The Balaban J connectivity index is 2.16. The molecule has 1 aromatic carbocycles. The molecule has 0 radical (unpaired) electrons. The number of benzene rings is 1. The molecule has 1 aromatic rings. The average molecular weight is 246 g/mol. The van der Waals surface area contributed by atoms with E-state index in [1.807, 2.05) is 39.0 Å². The minimum Gasteiger partial charge on any atom is -0.325 e. The second-order valence-corrected chi connectivity index (χ2v) is 5.56. The van der Waals surface area contributed by atoms with Crippen LogP contribution in [0, 0.1) is 19.3 Å². The molecule has 3 heteroatoms. The molecule has 1 aliphatic heterocycles. The Morgan fingerprint density at radius 3 is 2.56 bits per heavy atom. The zero-order valence-corrected chi connectivity index (χ0v) is 11.5. The van der Waals surface area contributed by atoms with Crippen LogP contribution in [0.3, 0.4) is 0 Å². The first-order valence-corrected chi connectivity index (χ1v) is 6.61. The molecule has 0 saturated carbocycles. The predicted octanol–water partition coefficient (Wildman–Crippen LogP) is 2.63. The van der Waals surface area contributed by atoms with Crippen molar-refractivity contribution in [1.29, 1.82) is 0 Å². The van der Waals surface area contributed by atoms with Gasteiger partial charge in [-0.2, -0.15) is 0 Å². The average Bonchev–Trinajstić information content (AvgIpc) is 2.34. The summed E-state index contributed by atoms with van der Waals surface area (Å²) in [6, 6.07) is 6.08. The van der Waals surface area contributed by atoms with E-state index < -0.39 is 0 Å². The van der Waals surface area contributed by atoms with Gasteiger partial charge in [0.1, 0.15) is 0 Å². The molecule has 98 valence electrons. The molecule has 2 rings (SSSR count). The van der Waals surface area contributed by atoms with E-state index in [1.165, 1.54) is 0 Å². The van der Waals surface area contributed by atoms with Crippen molar-refractivity contribution >= 4 is 11.6 Å². The molecule has 0 bridgehead atoms. The fraction of sp³-hybridized carbons (Fsp3) is 0.533. The number of aryl methyl sites for hydroxylation is 2. The van der Waals surface area contributed by atoms with Gasteiger partial charge in [-0.25, -0.2) is 0 Å². The molecule has 0 aliphatic carbocycles. The largest absolute Gasteiger partial charge is 0.325 e. The molecule has 2 N–H and O–H groups in total. The third-order valence-electron chi connectivity index (χ3n) is 3.87. The summed E-state index contributed by atoms with van der Waals surface area (Å²) in [5.41, 5.74) is 2.92. The number of amides is 1. The van der Waals surface area contributed by atoms with E-state index >= 15 is 0 Å². The minimum absolute atomic E-state index is 0.132. The van der Waals surface area contributed by atoms with Crippen molar-refractivity contribution in [2.75, 3.05) is 18.4 Å². The molecule has 1 amide bonds. The number of anilines is 1. The van der Waals surface area contributed by atoms with Crippen molar-refractivity contribution in [3.63, 3.8) is 0 Å². The van der Waals surface area contributed by atoms with Crippen LogP contribution in [-0.2, 0) is 4.79 Å². The number of nitrogens with one attached hydrogen (secondary N) is 2. The third-order valence-corrected chi connectivity index (χ3v) is 3.87. The van der Waals surface area contributed by atoms with Crippen LogP contribution in [0.5, 0.6) is 0 Å². The van der Waals surface area contributed by atoms with Crippen LogP contribution in [0.1, 0.15) is 30.9 Å². The molecule has 0 aromatic heterocycles. The van der Waals surface area contributed by atoms with E-state index in [4.69, 9.17) is 0 Å². The summed E-state index contributed by atoms with van der Waals surface area (Å²) in [5.74, 6) is 0.132. The second kappa shape index (κ2) is 5.11. The highest BCUT2D eigenvalue weighted by Crippen LogP contribution is 2.29. The van der Waals surface area contributed by atoms with Gasteiger partial charge in [0, 0.05) is 12.2 Å². The lowest BCUT2D eigenvalue weighted by Gasteiger charge is -2.33. The van der Waals surface area contributed by atoms with Crippen LogP contribution >= 0.6 is 0 Å². The Morgan fingerprint density at radius 1 is 1.33 bits per heavy atom. The van der Waals surface area contributed by atoms with Gasteiger partial charge < -0.3 is 10.6 Å². The molecular weight excluding hydrogens is 224 g/mol. The normalized spacial score (nSPS) is 23.7. The van der Waals surface area contributed by atoms with Gasteiger partial charge in [0.15, 0.2) is 0 Å². The van der Waals surface area contributed by atoms with Crippen molar-refractivity contribution in [3.05, 3.63) is 29.3 Å². The predicted molar refractivity (Wildman–Crippen MR) is 74.8 cm³/mol. The highest BCUT2D eigenvalue weighted by atomic mass is 16.2. The number of rotatable bonds is 2. The molecule has 0 spiro atoms. The number of carbonyl (C=O) groups is 1. The number of para-hydroxylation sites is 1. The first-order chi connectivity index (χ1) is 8.53. The van der Waals surface area contributed by atoms with Gasteiger partial charge in [0.2, 0.25) is 5.91 Å². The van der Waals surface area contributed by atoms with Gasteiger partial charge in [0.25, 0.3) is 0 Å². The van der Waals surface area contributed by atoms with E-state index in [2.05, 4.69) is 10.6 Å². The first kappa shape index (κ1) is 13.1. The molecule has 18 heavy (non-hydrogen) atoms. The van der Waals surface area contributed by atoms with Gasteiger partial charge in [-0.15, -0.1) is 0 Å². The highest BCUT2D eigenvalue weighted by molar-refractivity contribution is 5.96. The number of piperidine rings is 1. The quantitative estimate of drug-likeness (QED) is 0.842. The summed E-state index contributed by atoms with van der Waals surface area (Å²) in [4.78, 5) is 12.4. The summed E-state index contributed by atoms with van der Waals surface area (Å²) >= 11 is 0. The molecule has 1 aliphatic rings. The van der Waals surface area contributed by atoms with E-state index in [0.29, 0.717) is 0 Å². The minimum atomic E-state index is -0.285. The van der Waals surface area contributed by atoms with Crippen molar-refractivity contribution < 1.29 is 4.79 Å². The van der Waals surface area contributed by atoms with Crippen LogP contribution in [0.2, 0.25) is 0 Å². The van der Waals surface area contributed by atoms with Crippen LogP contribution in [0.15, 0.2) is 18.2 Å². The van der Waals surface area contributed by atoms with Crippen LogP contribution in [0.25, 0.3) is 0 Å². The van der Waals surface area contributed by atoms with Crippen LogP contribution in [0.4, 0.5) is 5.69 Å². The van der Waals surface area contributed by atoms with E-state index in [9.17, 15) is 4.79 Å². The Hall–Kier alpha value is -1.35. The Morgan fingerprint density at radius 2 is 2.00 bits per heavy atom. The van der Waals surface area contributed by atoms with E-state index in [0.717, 1.165) is 42.7 Å². The highest BCUT2D eigenvalue weighted by Gasteiger charge is 2.34. The number of hydrogen-bond acceptors (Lipinski definition) is 2. The smallest absolute Gasteiger partial charge is 0.231 e. The zero-order valence-electron chi connectivity index (χ0n) is 11.5. The zero-order chi connectivity index (χ0) is 13.2. The van der Waals surface area contributed by atoms with Crippen molar-refractivity contribution in [3.8, 4) is 0 Å². The van der Waals surface area contributed by atoms with Crippen LogP contribution < -0.4 is 10.6 Å². The third kappa shape index (κ3) is 2.56. The first-order valence-electron chi connectivity index (χ1n) is 6.61. The van der Waals surface area contributed by atoms with Gasteiger partial charge in [0.05, 0.1) is 5.41 Å². The SMILES string of the molecule is Cc1cccc(C)c1NC(=O)C1(C)CCCNC1. The fourth-order valence-electron chi connectivity index (χ4n) is 2.53. The lowest BCUT2D eigenvalue weighted by molar-refractivity contribution is -0.125. The van der Waals surface area contributed by atoms with E-state index in [-0.39, 0.29) is 11.3 Å². The topological polar surface area (TPSA) is 41.1 Å². The lowest BCUT2D eigenvalue weighted by Crippen LogP contribution is -2.46. The van der Waals surface area contributed by atoms with Gasteiger partial charge in [-0.1, -0.05) is 18.2 Å². The summed E-state index contributed by atoms with van der Waals surface area (Å²) in [6.07, 6.45) is 2.02. The summed E-state index contributed by atoms with van der Waals surface area (Å²) in [6.45, 7) is 7.90. The monoisotopic (exact) mass is 246 g/mol. The maximum atomic E-state index is 12.4. The standard InChI is InChI=1S/C15H22N2O/c1-11-6-4-7-12(2)13(11)17-14(18)15(3)8-5-9-16-10-15/h4,6-7,16H,5,8-10H2,1-3H3,(H,17,18). The molecular formula is C15H22N2O. The Kier molecular flexibility index (Phi) is 3.71. The molecule has 1 fully saturated rings. The van der Waals surface area contributed by atoms with Crippen molar-refractivity contribution in [2.45, 2.75) is 33.6 Å². The van der Waals surface area contributed by atoms with Gasteiger partial charge in [-0.05, 0) is 51.3 Å². The summed E-state index contributed by atoms with van der Waals surface area (Å²) in [5, 5.41) is 6.42. The van der Waals surface area contributed by atoms with Crippen molar-refractivity contribution in [2.24, 2.45) is 5.41 Å². The molecule has 1 saturated heterocycles. The maximum Gasteiger partial charge on any atom is 0.231 e. The van der Waals surface area contributed by atoms with Crippen molar-refractivity contribution in [1.82, 2.24) is 5.32 Å². The molecule has 3 nitrogen and oxygen atoms in total. The van der Waals surface area contributed by atoms with Gasteiger partial charge >= 0.3 is 0 Å².